The van der Waals surface area contributed by atoms with Crippen molar-refractivity contribution in [3.63, 3.8) is 0 Å². The van der Waals surface area contributed by atoms with Gasteiger partial charge in [0.25, 0.3) is 0 Å². The van der Waals surface area contributed by atoms with Crippen LogP contribution in [0, 0.1) is 17.1 Å². The van der Waals surface area contributed by atoms with Crippen LogP contribution in [0.4, 0.5) is 4.39 Å². The molecule has 0 N–H and O–H groups in total. The van der Waals surface area contributed by atoms with Crippen molar-refractivity contribution in [1.29, 1.82) is 5.26 Å². The molecule has 1 aromatic heterocycles. The highest BCUT2D eigenvalue weighted by atomic mass is 19.1. The lowest BCUT2D eigenvalue weighted by molar-refractivity contribution is 0.624. The fourth-order valence-electron chi connectivity index (χ4n) is 3.19. The van der Waals surface area contributed by atoms with E-state index in [-0.39, 0.29) is 5.82 Å². The van der Waals surface area contributed by atoms with Gasteiger partial charge in [-0.15, -0.1) is 0 Å². The van der Waals surface area contributed by atoms with E-state index >= 15 is 0 Å². The number of rotatable bonds is 6. The fourth-order valence-corrected chi connectivity index (χ4v) is 3.19. The van der Waals surface area contributed by atoms with Crippen molar-refractivity contribution in [2.24, 2.45) is 0 Å². The number of nitrogens with zero attached hydrogens (tertiary/aromatic N) is 2. The van der Waals surface area contributed by atoms with Crippen LogP contribution in [-0.2, 0) is 12.8 Å². The van der Waals surface area contributed by atoms with Crippen molar-refractivity contribution in [2.75, 3.05) is 0 Å². The number of benzene rings is 2. The number of nitriles is 1. The summed E-state index contributed by atoms with van der Waals surface area (Å²) in [5.41, 5.74) is 6.18. The van der Waals surface area contributed by atoms with E-state index in [1.165, 1.54) is 6.07 Å². The third-order valence-electron chi connectivity index (χ3n) is 4.53. The molecular weight excluding hydrogens is 335 g/mol. The Morgan fingerprint density at radius 2 is 1.89 bits per heavy atom. The maximum absolute atomic E-state index is 13.3. The van der Waals surface area contributed by atoms with Gasteiger partial charge in [0.2, 0.25) is 0 Å². The first kappa shape index (κ1) is 18.5. The minimum absolute atomic E-state index is 0.205. The Morgan fingerprint density at radius 3 is 2.63 bits per heavy atom. The summed E-state index contributed by atoms with van der Waals surface area (Å²) < 4.78 is 13.3. The average Bonchev–Trinajstić information content (AvgIpc) is 2.68. The van der Waals surface area contributed by atoms with Gasteiger partial charge in [0.1, 0.15) is 5.82 Å². The third-order valence-corrected chi connectivity index (χ3v) is 4.53. The smallest absolute Gasteiger partial charge is 0.123 e. The van der Waals surface area contributed by atoms with Gasteiger partial charge in [-0.05, 0) is 67.2 Å². The molecule has 1 heterocycles. The van der Waals surface area contributed by atoms with Gasteiger partial charge in [-0.2, -0.15) is 5.26 Å². The topological polar surface area (TPSA) is 36.7 Å². The number of hydrogen-bond donors (Lipinski definition) is 0. The highest BCUT2D eigenvalue weighted by Gasteiger charge is 2.11. The molecule has 134 valence electrons. The summed E-state index contributed by atoms with van der Waals surface area (Å²) in [6, 6.07) is 20.4. The molecule has 0 atom stereocenters. The van der Waals surface area contributed by atoms with Gasteiger partial charge in [0, 0.05) is 11.3 Å². The Morgan fingerprint density at radius 1 is 1.07 bits per heavy atom. The number of aryl methyl sites for hydroxylation is 2. The van der Waals surface area contributed by atoms with Crippen LogP contribution in [0.2, 0.25) is 0 Å². The van der Waals surface area contributed by atoms with Gasteiger partial charge in [0.05, 0.1) is 17.3 Å². The van der Waals surface area contributed by atoms with Gasteiger partial charge < -0.3 is 0 Å². The molecule has 0 bridgehead atoms. The largest absolute Gasteiger partial charge is 0.252 e. The third kappa shape index (κ3) is 4.48. The maximum Gasteiger partial charge on any atom is 0.123 e. The molecule has 0 unspecified atom stereocenters. The first-order chi connectivity index (χ1) is 13.1. The summed E-state index contributed by atoms with van der Waals surface area (Å²) in [4.78, 5) is 4.84. The fraction of sp³-hybridized carbons (Fsp3) is 0.167. The molecule has 0 radical (unpaired) electrons. The monoisotopic (exact) mass is 356 g/mol. The van der Waals surface area contributed by atoms with Crippen LogP contribution < -0.4 is 0 Å². The Kier molecular flexibility index (Phi) is 5.78. The summed E-state index contributed by atoms with van der Waals surface area (Å²) in [6.45, 7) is 6.03. The predicted octanol–water partition coefficient (Wildman–Crippen LogP) is 5.97. The lowest BCUT2D eigenvalue weighted by Gasteiger charge is -2.12. The zero-order valence-electron chi connectivity index (χ0n) is 15.4. The molecule has 0 spiro atoms. The molecular formula is C24H21FN2. The zero-order valence-corrected chi connectivity index (χ0v) is 15.4. The van der Waals surface area contributed by atoms with E-state index < -0.39 is 0 Å². The van der Waals surface area contributed by atoms with Crippen LogP contribution >= 0.6 is 0 Å². The van der Waals surface area contributed by atoms with Gasteiger partial charge in [-0.25, -0.2) is 4.39 Å². The molecule has 3 heteroatoms. The average molecular weight is 356 g/mol. The van der Waals surface area contributed by atoms with Crippen LogP contribution in [0.25, 0.3) is 16.8 Å². The van der Waals surface area contributed by atoms with Crippen molar-refractivity contribution in [3.05, 3.63) is 95.4 Å². The molecule has 0 fully saturated rings. The Bertz CT molecular complexity index is 1010. The van der Waals surface area contributed by atoms with Crippen molar-refractivity contribution in [1.82, 2.24) is 4.98 Å². The molecule has 0 aliphatic rings. The SMILES string of the molecule is C=C(C)c1ccc(-c2ccccc2C#N)nc1CCCc1cccc(F)c1. The zero-order chi connectivity index (χ0) is 19.2. The highest BCUT2D eigenvalue weighted by molar-refractivity contribution is 5.70. The summed E-state index contributed by atoms with van der Waals surface area (Å²) in [6.07, 6.45) is 2.41. The second-order valence-corrected chi connectivity index (χ2v) is 6.61. The van der Waals surface area contributed by atoms with Crippen molar-refractivity contribution in [3.8, 4) is 17.3 Å². The molecule has 3 aromatic rings. The van der Waals surface area contributed by atoms with Crippen LogP contribution in [0.5, 0.6) is 0 Å². The van der Waals surface area contributed by atoms with E-state index in [0.717, 1.165) is 52.9 Å². The van der Waals surface area contributed by atoms with Crippen LogP contribution in [0.15, 0.2) is 67.2 Å². The second kappa shape index (κ2) is 8.42. The first-order valence-electron chi connectivity index (χ1n) is 8.98. The van der Waals surface area contributed by atoms with Gasteiger partial charge in [-0.3, -0.25) is 4.98 Å². The standard InChI is InChI=1S/C24H21FN2/c1-17(2)21-13-14-24(22-11-4-3-9-19(22)16-26)27-23(21)12-6-8-18-7-5-10-20(25)15-18/h3-5,7,9-11,13-15H,1,6,8,12H2,2H3. The first-order valence-corrected chi connectivity index (χ1v) is 8.98. The summed E-state index contributed by atoms with van der Waals surface area (Å²) >= 11 is 0. The molecule has 3 rings (SSSR count). The number of halogens is 1. The molecule has 0 saturated heterocycles. The summed E-state index contributed by atoms with van der Waals surface area (Å²) in [5, 5.41) is 9.36. The predicted molar refractivity (Wildman–Crippen MR) is 108 cm³/mol. The molecule has 0 saturated carbocycles. The highest BCUT2D eigenvalue weighted by Crippen LogP contribution is 2.26. The molecule has 0 aliphatic carbocycles. The lowest BCUT2D eigenvalue weighted by atomic mass is 9.98. The molecule has 0 aliphatic heterocycles. The Balaban J connectivity index is 1.86. The number of hydrogen-bond acceptors (Lipinski definition) is 2. The van der Waals surface area contributed by atoms with Crippen LogP contribution in [0.1, 0.15) is 35.7 Å². The molecule has 27 heavy (non-hydrogen) atoms. The van der Waals surface area contributed by atoms with E-state index in [1.807, 2.05) is 43.3 Å². The van der Waals surface area contributed by atoms with Crippen molar-refractivity contribution in [2.45, 2.75) is 26.2 Å². The molecule has 2 nitrogen and oxygen atoms in total. The summed E-state index contributed by atoms with van der Waals surface area (Å²) in [7, 11) is 0. The van der Waals surface area contributed by atoms with E-state index in [4.69, 9.17) is 4.98 Å². The second-order valence-electron chi connectivity index (χ2n) is 6.61. The molecule has 0 amide bonds. The van der Waals surface area contributed by atoms with Gasteiger partial charge in [-0.1, -0.05) is 43.0 Å². The van der Waals surface area contributed by atoms with Gasteiger partial charge >= 0.3 is 0 Å². The minimum Gasteiger partial charge on any atom is -0.252 e. The normalized spacial score (nSPS) is 10.4. The number of pyridine rings is 1. The van der Waals surface area contributed by atoms with E-state index in [1.54, 1.807) is 18.2 Å². The number of allylic oxidation sites excluding steroid dienone is 1. The van der Waals surface area contributed by atoms with E-state index in [2.05, 4.69) is 12.6 Å². The van der Waals surface area contributed by atoms with E-state index in [0.29, 0.717) is 5.56 Å². The maximum atomic E-state index is 13.3. The van der Waals surface area contributed by atoms with Crippen LogP contribution in [0.3, 0.4) is 0 Å². The Hall–Kier alpha value is -3.25. The lowest BCUT2D eigenvalue weighted by Crippen LogP contribution is -2.00. The van der Waals surface area contributed by atoms with Crippen LogP contribution in [-0.4, -0.2) is 4.98 Å². The summed E-state index contributed by atoms with van der Waals surface area (Å²) in [5.74, 6) is -0.205. The minimum atomic E-state index is -0.205. The van der Waals surface area contributed by atoms with Gasteiger partial charge in [0.15, 0.2) is 0 Å². The van der Waals surface area contributed by atoms with E-state index in [9.17, 15) is 9.65 Å². The number of aromatic nitrogens is 1. The van der Waals surface area contributed by atoms with Crippen molar-refractivity contribution < 1.29 is 4.39 Å². The Labute approximate surface area is 159 Å². The quantitative estimate of drug-likeness (QED) is 0.546. The van der Waals surface area contributed by atoms with Crippen molar-refractivity contribution >= 4 is 5.57 Å². The molecule has 2 aromatic carbocycles.